The number of nitrogens with zero attached hydrogens (tertiary/aromatic N) is 2. The standard InChI is InChI=1S/C19H18Cl2FN3O3S/c20-15-2-1-14(18(21)11-15)12-23-24-19(26)13-7-9-25(10-8-13)29(27,28)17-5-3-16(22)4-6-17/h1-6,11-13H,7-10H2,(H,24,26)/b23-12-. The molecule has 2 aromatic carbocycles. The van der Waals surface area contributed by atoms with Gasteiger partial charge >= 0.3 is 0 Å². The number of hydrogen-bond donors (Lipinski definition) is 1. The molecule has 0 bridgehead atoms. The number of nitrogens with one attached hydrogen (secondary N) is 1. The van der Waals surface area contributed by atoms with Crippen LogP contribution in [-0.4, -0.2) is 37.9 Å². The van der Waals surface area contributed by atoms with Gasteiger partial charge in [0.15, 0.2) is 0 Å². The predicted octanol–water partition coefficient (Wildman–Crippen LogP) is 3.68. The number of benzene rings is 2. The highest BCUT2D eigenvalue weighted by Gasteiger charge is 2.32. The second kappa shape index (κ2) is 9.21. The maximum Gasteiger partial charge on any atom is 0.243 e. The average molecular weight is 458 g/mol. The lowest BCUT2D eigenvalue weighted by Gasteiger charge is -2.30. The third kappa shape index (κ3) is 5.33. The Morgan fingerprint density at radius 3 is 2.41 bits per heavy atom. The molecule has 0 aromatic heterocycles. The molecule has 1 fully saturated rings. The second-order valence-electron chi connectivity index (χ2n) is 6.53. The minimum Gasteiger partial charge on any atom is -0.273 e. The maximum atomic E-state index is 13.0. The van der Waals surface area contributed by atoms with Gasteiger partial charge in [0.25, 0.3) is 0 Å². The Bertz CT molecular complexity index is 1020. The van der Waals surface area contributed by atoms with Gasteiger partial charge in [-0.1, -0.05) is 29.3 Å². The molecule has 1 N–H and O–H groups in total. The van der Waals surface area contributed by atoms with Crippen LogP contribution in [0.3, 0.4) is 0 Å². The summed E-state index contributed by atoms with van der Waals surface area (Å²) in [7, 11) is -3.71. The summed E-state index contributed by atoms with van der Waals surface area (Å²) in [5.74, 6) is -1.14. The van der Waals surface area contributed by atoms with Crippen molar-refractivity contribution in [1.29, 1.82) is 0 Å². The maximum absolute atomic E-state index is 13.0. The van der Waals surface area contributed by atoms with Crippen LogP contribution in [0.25, 0.3) is 0 Å². The summed E-state index contributed by atoms with van der Waals surface area (Å²) in [5, 5.41) is 4.82. The molecule has 0 spiro atoms. The Morgan fingerprint density at radius 1 is 1.14 bits per heavy atom. The van der Waals surface area contributed by atoms with Crippen LogP contribution < -0.4 is 5.43 Å². The molecule has 0 radical (unpaired) electrons. The van der Waals surface area contributed by atoms with Gasteiger partial charge in [-0.05, 0) is 49.2 Å². The highest BCUT2D eigenvalue weighted by molar-refractivity contribution is 7.89. The fourth-order valence-corrected chi connectivity index (χ4v) is 4.90. The molecule has 6 nitrogen and oxygen atoms in total. The molecule has 1 aliphatic rings. The number of carbonyl (C=O) groups is 1. The quantitative estimate of drug-likeness (QED) is 0.549. The van der Waals surface area contributed by atoms with Crippen molar-refractivity contribution in [3.63, 3.8) is 0 Å². The molecule has 0 saturated carbocycles. The van der Waals surface area contributed by atoms with Crippen LogP contribution in [-0.2, 0) is 14.8 Å². The van der Waals surface area contributed by atoms with Crippen LogP contribution in [0.5, 0.6) is 0 Å². The van der Waals surface area contributed by atoms with Crippen LogP contribution in [0, 0.1) is 11.7 Å². The van der Waals surface area contributed by atoms with Gasteiger partial charge in [-0.3, -0.25) is 4.79 Å². The normalized spacial score (nSPS) is 16.2. The molecule has 1 saturated heterocycles. The Morgan fingerprint density at radius 2 is 1.79 bits per heavy atom. The molecule has 1 heterocycles. The first kappa shape index (κ1) is 21.7. The molecule has 1 aliphatic heterocycles. The molecule has 2 aromatic rings. The van der Waals surface area contributed by atoms with Crippen LogP contribution in [0.4, 0.5) is 4.39 Å². The number of amides is 1. The largest absolute Gasteiger partial charge is 0.273 e. The Kier molecular flexibility index (Phi) is 6.89. The molecule has 1 amide bonds. The minimum absolute atomic E-state index is 0.0336. The summed E-state index contributed by atoms with van der Waals surface area (Å²) < 4.78 is 39.6. The molecule has 0 atom stereocenters. The number of carbonyl (C=O) groups excluding carboxylic acids is 1. The fraction of sp³-hybridized carbons (Fsp3) is 0.263. The third-order valence-electron chi connectivity index (χ3n) is 4.62. The van der Waals surface area contributed by atoms with Crippen LogP contribution >= 0.6 is 23.2 Å². The summed E-state index contributed by atoms with van der Waals surface area (Å²) in [4.78, 5) is 12.3. The van der Waals surface area contributed by atoms with E-state index >= 15 is 0 Å². The highest BCUT2D eigenvalue weighted by Crippen LogP contribution is 2.24. The lowest BCUT2D eigenvalue weighted by Crippen LogP contribution is -2.42. The Balaban J connectivity index is 1.55. The van der Waals surface area contributed by atoms with Crippen molar-refractivity contribution in [2.75, 3.05) is 13.1 Å². The fourth-order valence-electron chi connectivity index (χ4n) is 2.98. The molecular weight excluding hydrogens is 440 g/mol. The van der Waals surface area contributed by atoms with Gasteiger partial charge in [0.1, 0.15) is 5.82 Å². The highest BCUT2D eigenvalue weighted by atomic mass is 35.5. The zero-order valence-electron chi connectivity index (χ0n) is 15.2. The number of sulfonamides is 1. The topological polar surface area (TPSA) is 78.8 Å². The van der Waals surface area contributed by atoms with Crippen LogP contribution in [0.1, 0.15) is 18.4 Å². The van der Waals surface area contributed by atoms with Crippen molar-refractivity contribution in [3.05, 3.63) is 63.9 Å². The van der Waals surface area contributed by atoms with Gasteiger partial charge in [0.2, 0.25) is 15.9 Å². The zero-order chi connectivity index (χ0) is 21.0. The first-order valence-electron chi connectivity index (χ1n) is 8.81. The van der Waals surface area contributed by atoms with E-state index in [9.17, 15) is 17.6 Å². The molecular formula is C19H18Cl2FN3O3S. The van der Waals surface area contributed by atoms with E-state index < -0.39 is 15.8 Å². The number of halogens is 3. The lowest BCUT2D eigenvalue weighted by molar-refractivity contribution is -0.126. The molecule has 10 heteroatoms. The number of hydrogen-bond acceptors (Lipinski definition) is 4. The van der Waals surface area contributed by atoms with Gasteiger partial charge in [-0.25, -0.2) is 18.2 Å². The summed E-state index contributed by atoms with van der Waals surface area (Å²) in [6.45, 7) is 0.398. The summed E-state index contributed by atoms with van der Waals surface area (Å²) in [6, 6.07) is 9.60. The van der Waals surface area contributed by atoms with E-state index in [1.165, 1.54) is 22.7 Å². The second-order valence-corrected chi connectivity index (χ2v) is 9.31. The van der Waals surface area contributed by atoms with Crippen LogP contribution in [0.15, 0.2) is 52.5 Å². The third-order valence-corrected chi connectivity index (χ3v) is 7.09. The van der Waals surface area contributed by atoms with Gasteiger partial charge in [-0.15, -0.1) is 0 Å². The van der Waals surface area contributed by atoms with Gasteiger partial charge < -0.3 is 0 Å². The number of piperidine rings is 1. The average Bonchev–Trinajstić information content (AvgIpc) is 2.70. The van der Waals surface area contributed by atoms with E-state index in [-0.39, 0.29) is 29.8 Å². The van der Waals surface area contributed by atoms with E-state index in [1.807, 2.05) is 0 Å². The van der Waals surface area contributed by atoms with Crippen LogP contribution in [0.2, 0.25) is 10.0 Å². The summed E-state index contributed by atoms with van der Waals surface area (Å²) in [5.41, 5.74) is 3.07. The van der Waals surface area contributed by atoms with E-state index in [0.717, 1.165) is 12.1 Å². The van der Waals surface area contributed by atoms with E-state index in [2.05, 4.69) is 10.5 Å². The number of rotatable bonds is 5. The first-order valence-corrected chi connectivity index (χ1v) is 11.0. The lowest BCUT2D eigenvalue weighted by atomic mass is 9.98. The first-order chi connectivity index (χ1) is 13.8. The zero-order valence-corrected chi connectivity index (χ0v) is 17.5. The summed E-state index contributed by atoms with van der Waals surface area (Å²) in [6.07, 6.45) is 2.15. The van der Waals surface area contributed by atoms with Crippen molar-refractivity contribution in [2.45, 2.75) is 17.7 Å². The molecule has 0 unspecified atom stereocenters. The van der Waals surface area contributed by atoms with Gasteiger partial charge in [-0.2, -0.15) is 9.41 Å². The predicted molar refractivity (Wildman–Crippen MR) is 110 cm³/mol. The molecule has 0 aliphatic carbocycles. The van der Waals surface area contributed by atoms with Gasteiger partial charge in [0, 0.05) is 29.6 Å². The van der Waals surface area contributed by atoms with E-state index in [0.29, 0.717) is 28.5 Å². The van der Waals surface area contributed by atoms with Crippen molar-refractivity contribution in [1.82, 2.24) is 9.73 Å². The monoisotopic (exact) mass is 457 g/mol. The van der Waals surface area contributed by atoms with Gasteiger partial charge in [0.05, 0.1) is 16.1 Å². The molecule has 3 rings (SSSR count). The van der Waals surface area contributed by atoms with E-state index in [4.69, 9.17) is 23.2 Å². The molecule has 29 heavy (non-hydrogen) atoms. The smallest absolute Gasteiger partial charge is 0.243 e. The van der Waals surface area contributed by atoms with E-state index in [1.54, 1.807) is 18.2 Å². The Labute approximate surface area is 178 Å². The summed E-state index contributed by atoms with van der Waals surface area (Å²) >= 11 is 11.9. The van der Waals surface area contributed by atoms with Crippen molar-refractivity contribution >= 4 is 45.3 Å². The minimum atomic E-state index is -3.71. The Hall–Kier alpha value is -2.00. The SMILES string of the molecule is O=C(N/N=C\c1ccc(Cl)cc1Cl)C1CCN(S(=O)(=O)c2ccc(F)cc2)CC1. The van der Waals surface area contributed by atoms with Crippen molar-refractivity contribution in [2.24, 2.45) is 11.0 Å². The van der Waals surface area contributed by atoms with Crippen molar-refractivity contribution < 1.29 is 17.6 Å². The number of hydrazone groups is 1. The van der Waals surface area contributed by atoms with Crippen molar-refractivity contribution in [3.8, 4) is 0 Å². The molecule has 154 valence electrons.